The Morgan fingerprint density at radius 2 is 2.15 bits per heavy atom. The zero-order valence-corrected chi connectivity index (χ0v) is 11.2. The molecule has 0 nitrogen and oxygen atoms in total. The van der Waals surface area contributed by atoms with Crippen LogP contribution in [0.15, 0.2) is 22.0 Å². The van der Waals surface area contributed by atoms with Crippen molar-refractivity contribution >= 4 is 64.9 Å². The van der Waals surface area contributed by atoms with Crippen LogP contribution in [0.2, 0.25) is 5.02 Å². The van der Waals surface area contributed by atoms with Crippen LogP contribution in [-0.2, 0) is 5.33 Å². The van der Waals surface area contributed by atoms with Gasteiger partial charge in [-0.3, -0.25) is 0 Å². The second kappa shape index (κ2) is 3.89. The fourth-order valence-corrected chi connectivity index (χ4v) is 3.90. The average molecular weight is 340 g/mol. The van der Waals surface area contributed by atoms with Crippen LogP contribution in [0, 0.1) is 0 Å². The zero-order chi connectivity index (χ0) is 9.42. The average Bonchev–Trinajstić information content (AvgIpc) is 2.56. The number of thiophene rings is 1. The predicted molar refractivity (Wildman–Crippen MR) is 67.2 cm³/mol. The molecule has 2 rings (SSSR count). The van der Waals surface area contributed by atoms with E-state index in [4.69, 9.17) is 11.6 Å². The minimum atomic E-state index is 0.829. The van der Waals surface area contributed by atoms with Crippen molar-refractivity contribution in [1.29, 1.82) is 0 Å². The summed E-state index contributed by atoms with van der Waals surface area (Å²) in [7, 11) is 0. The Hall–Kier alpha value is 0.430. The number of benzene rings is 1. The van der Waals surface area contributed by atoms with Crippen LogP contribution in [0.5, 0.6) is 0 Å². The number of rotatable bonds is 1. The summed E-state index contributed by atoms with van der Waals surface area (Å²) in [6, 6.07) is 3.91. The molecule has 0 spiro atoms. The van der Waals surface area contributed by atoms with Crippen LogP contribution >= 0.6 is 54.8 Å². The first-order valence-electron chi connectivity index (χ1n) is 3.64. The fourth-order valence-electron chi connectivity index (χ4n) is 1.23. The van der Waals surface area contributed by atoms with Crippen molar-refractivity contribution in [3.8, 4) is 0 Å². The Labute approximate surface area is 102 Å². The van der Waals surface area contributed by atoms with Crippen molar-refractivity contribution in [2.75, 3.05) is 0 Å². The van der Waals surface area contributed by atoms with E-state index in [0.717, 1.165) is 19.5 Å². The summed E-state index contributed by atoms with van der Waals surface area (Å²) in [6.07, 6.45) is 0. The van der Waals surface area contributed by atoms with Crippen LogP contribution in [0.4, 0.5) is 0 Å². The molecule has 0 aliphatic heterocycles. The molecular formula is C9H5Br2ClS. The number of halogens is 3. The van der Waals surface area contributed by atoms with Gasteiger partial charge in [-0.05, 0) is 23.1 Å². The minimum Gasteiger partial charge on any atom is -0.142 e. The van der Waals surface area contributed by atoms with Gasteiger partial charge in [0, 0.05) is 15.2 Å². The Morgan fingerprint density at radius 1 is 1.38 bits per heavy atom. The summed E-state index contributed by atoms with van der Waals surface area (Å²) in [5, 5.41) is 5.06. The number of fused-ring (bicyclic) bond motifs is 1. The lowest BCUT2D eigenvalue weighted by Crippen LogP contribution is -1.75. The summed E-state index contributed by atoms with van der Waals surface area (Å²) in [5.41, 5.74) is 1.29. The van der Waals surface area contributed by atoms with Crippen LogP contribution in [0.3, 0.4) is 0 Å². The molecule has 0 aliphatic rings. The second-order valence-corrected chi connectivity index (χ2v) is 5.33. The smallest absolute Gasteiger partial charge is 0.0585 e. The summed E-state index contributed by atoms with van der Waals surface area (Å²) in [4.78, 5) is 0. The standard InChI is InChI=1S/C9H5Br2ClS/c10-3-5-4-13-9-7(12)2-1-6(11)8(5)9/h1-2,4H,3H2. The first kappa shape index (κ1) is 9.97. The predicted octanol–water partition coefficient (Wildman–Crippen LogP) is 5.21. The third kappa shape index (κ3) is 1.67. The Kier molecular flexibility index (Phi) is 2.98. The highest BCUT2D eigenvalue weighted by Crippen LogP contribution is 2.37. The lowest BCUT2D eigenvalue weighted by atomic mass is 10.2. The molecule has 2 aromatic rings. The van der Waals surface area contributed by atoms with Gasteiger partial charge in [-0.1, -0.05) is 43.5 Å². The summed E-state index contributed by atoms with van der Waals surface area (Å²) >= 11 is 14.7. The van der Waals surface area contributed by atoms with Crippen molar-refractivity contribution in [3.63, 3.8) is 0 Å². The maximum Gasteiger partial charge on any atom is 0.0585 e. The van der Waals surface area contributed by atoms with Gasteiger partial charge in [0.05, 0.1) is 9.72 Å². The molecule has 1 aromatic carbocycles. The summed E-state index contributed by atoms with van der Waals surface area (Å²) in [6.45, 7) is 0. The van der Waals surface area contributed by atoms with E-state index in [2.05, 4.69) is 37.2 Å². The van der Waals surface area contributed by atoms with Crippen molar-refractivity contribution in [2.45, 2.75) is 5.33 Å². The largest absolute Gasteiger partial charge is 0.142 e. The Balaban J connectivity index is 2.87. The molecular weight excluding hydrogens is 335 g/mol. The molecule has 0 bridgehead atoms. The van der Waals surface area contributed by atoms with Crippen LogP contribution in [-0.4, -0.2) is 0 Å². The van der Waals surface area contributed by atoms with Gasteiger partial charge in [0.25, 0.3) is 0 Å². The summed E-state index contributed by atoms with van der Waals surface area (Å²) in [5.74, 6) is 0. The highest BCUT2D eigenvalue weighted by molar-refractivity contribution is 9.10. The van der Waals surface area contributed by atoms with Gasteiger partial charge >= 0.3 is 0 Å². The van der Waals surface area contributed by atoms with E-state index in [-0.39, 0.29) is 0 Å². The fraction of sp³-hybridized carbons (Fsp3) is 0.111. The molecule has 0 amide bonds. The first-order chi connectivity index (χ1) is 6.24. The molecule has 0 saturated carbocycles. The van der Waals surface area contributed by atoms with Crippen LogP contribution in [0.25, 0.3) is 10.1 Å². The van der Waals surface area contributed by atoms with Crippen LogP contribution in [0.1, 0.15) is 5.56 Å². The molecule has 0 fully saturated rings. The third-order valence-corrected chi connectivity index (χ3v) is 4.60. The Morgan fingerprint density at radius 3 is 2.85 bits per heavy atom. The molecule has 0 aliphatic carbocycles. The van der Waals surface area contributed by atoms with E-state index in [1.165, 1.54) is 10.9 Å². The molecule has 1 heterocycles. The van der Waals surface area contributed by atoms with E-state index in [1.807, 2.05) is 12.1 Å². The van der Waals surface area contributed by atoms with Crippen molar-refractivity contribution < 1.29 is 0 Å². The van der Waals surface area contributed by atoms with Gasteiger partial charge in [-0.25, -0.2) is 0 Å². The molecule has 13 heavy (non-hydrogen) atoms. The monoisotopic (exact) mass is 338 g/mol. The third-order valence-electron chi connectivity index (χ3n) is 1.84. The quantitative estimate of drug-likeness (QED) is 0.625. The first-order valence-corrected chi connectivity index (χ1v) is 6.81. The van der Waals surface area contributed by atoms with Gasteiger partial charge in [-0.15, -0.1) is 11.3 Å². The molecule has 0 N–H and O–H groups in total. The molecule has 0 radical (unpaired) electrons. The number of hydrogen-bond acceptors (Lipinski definition) is 1. The van der Waals surface area contributed by atoms with E-state index in [9.17, 15) is 0 Å². The van der Waals surface area contributed by atoms with E-state index >= 15 is 0 Å². The molecule has 1 aromatic heterocycles. The van der Waals surface area contributed by atoms with E-state index in [0.29, 0.717) is 0 Å². The molecule has 0 saturated heterocycles. The highest BCUT2D eigenvalue weighted by Gasteiger charge is 2.09. The van der Waals surface area contributed by atoms with E-state index < -0.39 is 0 Å². The number of hydrogen-bond donors (Lipinski definition) is 0. The molecule has 0 unspecified atom stereocenters. The zero-order valence-electron chi connectivity index (χ0n) is 6.48. The minimum absolute atomic E-state index is 0.829. The second-order valence-electron chi connectivity index (χ2n) is 2.63. The van der Waals surface area contributed by atoms with Crippen LogP contribution < -0.4 is 0 Å². The lowest BCUT2D eigenvalue weighted by Gasteiger charge is -1.98. The van der Waals surface area contributed by atoms with Gasteiger partial charge in [0.15, 0.2) is 0 Å². The van der Waals surface area contributed by atoms with Gasteiger partial charge in [-0.2, -0.15) is 0 Å². The number of alkyl halides is 1. The maximum absolute atomic E-state index is 6.07. The molecule has 68 valence electrons. The van der Waals surface area contributed by atoms with Gasteiger partial charge < -0.3 is 0 Å². The SMILES string of the molecule is Clc1ccc(Br)c2c(CBr)csc12. The van der Waals surface area contributed by atoms with Gasteiger partial charge in [0.2, 0.25) is 0 Å². The molecule has 4 heteroatoms. The molecule has 0 atom stereocenters. The normalized spacial score (nSPS) is 11.0. The maximum atomic E-state index is 6.07. The van der Waals surface area contributed by atoms with E-state index in [1.54, 1.807) is 11.3 Å². The Bertz CT molecular complexity index is 450. The lowest BCUT2D eigenvalue weighted by molar-refractivity contribution is 1.54. The van der Waals surface area contributed by atoms with Crippen molar-refractivity contribution in [1.82, 2.24) is 0 Å². The highest BCUT2D eigenvalue weighted by atomic mass is 79.9. The summed E-state index contributed by atoms with van der Waals surface area (Å²) < 4.78 is 2.27. The van der Waals surface area contributed by atoms with Crippen molar-refractivity contribution in [2.24, 2.45) is 0 Å². The van der Waals surface area contributed by atoms with Crippen molar-refractivity contribution in [3.05, 3.63) is 32.6 Å². The topological polar surface area (TPSA) is 0 Å². The van der Waals surface area contributed by atoms with Gasteiger partial charge in [0.1, 0.15) is 0 Å².